The maximum Gasteiger partial charge on any atom is 0.142 e. The van der Waals surface area contributed by atoms with Crippen molar-refractivity contribution in [2.45, 2.75) is 30.8 Å². The van der Waals surface area contributed by atoms with Crippen LogP contribution >= 0.6 is 35.0 Å². The molecule has 8 nitrogen and oxygen atoms in total. The lowest BCUT2D eigenvalue weighted by Gasteiger charge is -2.17. The lowest BCUT2D eigenvalue weighted by atomic mass is 10.0. The first kappa shape index (κ1) is 31.6. The largest absolute Gasteiger partial charge is 0.488 e. The van der Waals surface area contributed by atoms with Gasteiger partial charge in [0.05, 0.1) is 28.4 Å². The van der Waals surface area contributed by atoms with Crippen molar-refractivity contribution in [1.29, 1.82) is 0 Å². The molecule has 220 valence electrons. The van der Waals surface area contributed by atoms with Gasteiger partial charge in [-0.1, -0.05) is 59.6 Å². The summed E-state index contributed by atoms with van der Waals surface area (Å²) < 4.78 is 12.2. The second-order valence-electron chi connectivity index (χ2n) is 9.43. The van der Waals surface area contributed by atoms with E-state index in [2.05, 4.69) is 22.6 Å². The summed E-state index contributed by atoms with van der Waals surface area (Å²) in [7, 11) is 0. The Morgan fingerprint density at radius 3 is 2.43 bits per heavy atom. The summed E-state index contributed by atoms with van der Waals surface area (Å²) in [6.07, 6.45) is 1.13. The van der Waals surface area contributed by atoms with Gasteiger partial charge < -0.3 is 30.7 Å². The van der Waals surface area contributed by atoms with Crippen molar-refractivity contribution in [3.05, 3.63) is 104 Å². The molecule has 0 amide bonds. The molecular formula is C31H31Cl2N3O5S. The Kier molecular flexibility index (Phi) is 11.5. The van der Waals surface area contributed by atoms with Crippen LogP contribution in [-0.4, -0.2) is 35.7 Å². The Hall–Kier alpha value is -3.31. The number of nitrogen functional groups attached to an aromatic ring is 1. The van der Waals surface area contributed by atoms with E-state index in [9.17, 15) is 10.0 Å². The molecule has 0 bridgehead atoms. The molecule has 0 heterocycles. The molecule has 42 heavy (non-hydrogen) atoms. The zero-order valence-corrected chi connectivity index (χ0v) is 25.2. The Labute approximate surface area is 258 Å². The Balaban J connectivity index is 1.55. The molecule has 11 heteroatoms. The monoisotopic (exact) mass is 627 g/mol. The van der Waals surface area contributed by atoms with Gasteiger partial charge in [0, 0.05) is 40.7 Å². The quantitative estimate of drug-likeness (QED) is 0.0671. The molecule has 0 aliphatic carbocycles. The lowest BCUT2D eigenvalue weighted by Crippen LogP contribution is -2.29. The minimum Gasteiger partial charge on any atom is -0.488 e. The van der Waals surface area contributed by atoms with Crippen LogP contribution in [0.3, 0.4) is 0 Å². The van der Waals surface area contributed by atoms with Crippen LogP contribution in [0.5, 0.6) is 11.5 Å². The van der Waals surface area contributed by atoms with Crippen LogP contribution in [-0.2, 0) is 19.8 Å². The summed E-state index contributed by atoms with van der Waals surface area (Å²) in [5, 5.41) is 25.8. The van der Waals surface area contributed by atoms with Crippen LogP contribution in [0.25, 0.3) is 11.1 Å². The van der Waals surface area contributed by atoms with Gasteiger partial charge in [0.2, 0.25) is 0 Å². The fourth-order valence-electron chi connectivity index (χ4n) is 4.18. The van der Waals surface area contributed by atoms with E-state index in [-0.39, 0.29) is 37.7 Å². The van der Waals surface area contributed by atoms with E-state index in [1.165, 1.54) is 11.0 Å². The van der Waals surface area contributed by atoms with Gasteiger partial charge in [-0.25, -0.2) is 0 Å². The summed E-state index contributed by atoms with van der Waals surface area (Å²) in [5.41, 5.74) is 10.5. The summed E-state index contributed by atoms with van der Waals surface area (Å²) in [5.74, 6) is 0.891. The third kappa shape index (κ3) is 8.16. The average molecular weight is 629 g/mol. The molecule has 4 aromatic rings. The molecule has 0 aromatic heterocycles. The van der Waals surface area contributed by atoms with Crippen LogP contribution < -0.4 is 20.5 Å². The predicted octanol–water partition coefficient (Wildman–Crippen LogP) is 6.96. The van der Waals surface area contributed by atoms with Crippen molar-refractivity contribution in [3.63, 3.8) is 0 Å². The highest BCUT2D eigenvalue weighted by Gasteiger charge is 2.15. The van der Waals surface area contributed by atoms with Gasteiger partial charge in [-0.2, -0.15) is 0 Å². The summed E-state index contributed by atoms with van der Waals surface area (Å²) in [4.78, 5) is 12.0. The van der Waals surface area contributed by atoms with Crippen LogP contribution in [0, 0.1) is 4.91 Å². The molecule has 0 saturated heterocycles. The van der Waals surface area contributed by atoms with E-state index in [4.69, 9.17) is 43.5 Å². The molecule has 0 aliphatic rings. The Morgan fingerprint density at radius 2 is 1.74 bits per heavy atom. The minimum absolute atomic E-state index is 0.153. The molecule has 1 unspecified atom stereocenters. The SMILES string of the molecule is CSc1ccc(-c2cccc(COc3cc(OCc4ccc(N=O)c(N)c4)c(CNCC(O)CO)cc3Cl)c2Cl)cc1. The number of rotatable bonds is 14. The first-order chi connectivity index (χ1) is 20.3. The molecule has 4 rings (SSSR count). The van der Waals surface area contributed by atoms with Crippen LogP contribution in [0.2, 0.25) is 10.0 Å². The van der Waals surface area contributed by atoms with Crippen molar-refractivity contribution in [2.75, 3.05) is 25.1 Å². The van der Waals surface area contributed by atoms with E-state index in [0.29, 0.717) is 33.7 Å². The molecule has 0 saturated carbocycles. The van der Waals surface area contributed by atoms with Gasteiger partial charge in [0.1, 0.15) is 30.4 Å². The molecular weight excluding hydrogens is 597 g/mol. The van der Waals surface area contributed by atoms with Crippen LogP contribution in [0.15, 0.2) is 82.9 Å². The topological polar surface area (TPSA) is 126 Å². The maximum atomic E-state index is 10.9. The number of thioether (sulfide) groups is 1. The number of ether oxygens (including phenoxy) is 2. The number of aliphatic hydroxyl groups excluding tert-OH is 2. The predicted molar refractivity (Wildman–Crippen MR) is 170 cm³/mol. The van der Waals surface area contributed by atoms with Crippen molar-refractivity contribution in [3.8, 4) is 22.6 Å². The van der Waals surface area contributed by atoms with Gasteiger partial charge in [0.15, 0.2) is 0 Å². The molecule has 4 aromatic carbocycles. The van der Waals surface area contributed by atoms with Crippen LogP contribution in [0.1, 0.15) is 16.7 Å². The zero-order chi connectivity index (χ0) is 30.1. The Morgan fingerprint density at radius 1 is 0.976 bits per heavy atom. The van der Waals surface area contributed by atoms with Gasteiger partial charge in [-0.15, -0.1) is 16.7 Å². The van der Waals surface area contributed by atoms with Gasteiger partial charge in [0.25, 0.3) is 0 Å². The number of halogens is 2. The summed E-state index contributed by atoms with van der Waals surface area (Å²) >= 11 is 15.1. The highest BCUT2D eigenvalue weighted by Crippen LogP contribution is 2.36. The highest BCUT2D eigenvalue weighted by molar-refractivity contribution is 7.98. The van der Waals surface area contributed by atoms with Gasteiger partial charge in [-0.05, 0) is 52.9 Å². The number of nitrogens with one attached hydrogen (secondary N) is 1. The standard InChI is InChI=1S/C31H31Cl2N3O5S/c1-42-24-8-6-20(7-9-24)25-4-2-3-21(31(25)33)18-41-30-13-29(22(12-26(30)32)14-35-15-23(38)16-37)40-17-19-5-10-28(36-39)27(34)11-19/h2-13,23,35,37-38H,14-18,34H2,1H3. The third-order valence-electron chi connectivity index (χ3n) is 6.47. The normalized spacial score (nSPS) is 11.7. The number of anilines is 1. The number of hydrogen-bond acceptors (Lipinski definition) is 9. The molecule has 0 fully saturated rings. The fraction of sp³-hybridized carbons (Fsp3) is 0.226. The second kappa shape index (κ2) is 15.2. The third-order valence-corrected chi connectivity index (χ3v) is 7.95. The van der Waals surface area contributed by atoms with E-state index in [0.717, 1.165) is 22.3 Å². The highest BCUT2D eigenvalue weighted by atomic mass is 35.5. The van der Waals surface area contributed by atoms with Gasteiger partial charge in [-0.3, -0.25) is 0 Å². The molecule has 0 aliphatic heterocycles. The number of hydrogen-bond donors (Lipinski definition) is 4. The average Bonchev–Trinajstić information content (AvgIpc) is 3.00. The molecule has 0 spiro atoms. The van der Waals surface area contributed by atoms with E-state index in [1.807, 2.05) is 36.6 Å². The smallest absolute Gasteiger partial charge is 0.142 e. The molecule has 5 N–H and O–H groups in total. The summed E-state index contributed by atoms with van der Waals surface area (Å²) in [6.45, 7) is 0.457. The first-order valence-corrected chi connectivity index (χ1v) is 15.0. The number of nitroso groups, excluding NO2 is 1. The van der Waals surface area contributed by atoms with Crippen molar-refractivity contribution < 1.29 is 19.7 Å². The van der Waals surface area contributed by atoms with E-state index < -0.39 is 6.10 Å². The van der Waals surface area contributed by atoms with Crippen molar-refractivity contribution >= 4 is 46.3 Å². The van der Waals surface area contributed by atoms with Crippen LogP contribution in [0.4, 0.5) is 11.4 Å². The van der Waals surface area contributed by atoms with Crippen molar-refractivity contribution in [1.82, 2.24) is 5.32 Å². The molecule has 1 atom stereocenters. The maximum absolute atomic E-state index is 10.9. The summed E-state index contributed by atoms with van der Waals surface area (Å²) in [6, 6.07) is 22.3. The number of aliphatic hydroxyl groups is 2. The van der Waals surface area contributed by atoms with E-state index >= 15 is 0 Å². The number of benzene rings is 4. The van der Waals surface area contributed by atoms with Crippen molar-refractivity contribution in [2.24, 2.45) is 5.18 Å². The fourth-order valence-corrected chi connectivity index (χ4v) is 5.11. The lowest BCUT2D eigenvalue weighted by molar-refractivity contribution is 0.0941. The zero-order valence-electron chi connectivity index (χ0n) is 22.8. The second-order valence-corrected chi connectivity index (χ2v) is 11.1. The Bertz CT molecular complexity index is 1520. The minimum atomic E-state index is -0.899. The molecule has 0 radical (unpaired) electrons. The first-order valence-electron chi connectivity index (χ1n) is 13.0. The van der Waals surface area contributed by atoms with Gasteiger partial charge >= 0.3 is 0 Å². The number of nitrogens with two attached hydrogens (primary N) is 1. The number of nitrogens with zero attached hydrogens (tertiary/aromatic N) is 1. The van der Waals surface area contributed by atoms with E-state index in [1.54, 1.807) is 36.0 Å².